The molecule has 0 aliphatic carbocycles. The van der Waals surface area contributed by atoms with Crippen LogP contribution >= 0.6 is 11.3 Å². The lowest BCUT2D eigenvalue weighted by Gasteiger charge is -2.31. The molecule has 3 heterocycles. The lowest BCUT2D eigenvalue weighted by Crippen LogP contribution is -2.38. The van der Waals surface area contributed by atoms with E-state index < -0.39 is 0 Å². The number of anilines is 1. The molecule has 0 unspecified atom stereocenters. The van der Waals surface area contributed by atoms with E-state index in [0.717, 1.165) is 40.4 Å². The van der Waals surface area contributed by atoms with Crippen molar-refractivity contribution in [2.75, 3.05) is 18.4 Å². The molecule has 35 heavy (non-hydrogen) atoms. The van der Waals surface area contributed by atoms with E-state index in [2.05, 4.69) is 10.3 Å². The maximum atomic E-state index is 13.0. The Hall–Kier alpha value is -3.71. The topological polar surface area (TPSA) is 75.4 Å². The molecule has 0 saturated carbocycles. The van der Waals surface area contributed by atoms with Crippen LogP contribution in [0.25, 0.3) is 11.1 Å². The third kappa shape index (κ3) is 5.52. The first-order valence-corrected chi connectivity index (χ1v) is 12.8. The van der Waals surface area contributed by atoms with Gasteiger partial charge in [0.05, 0.1) is 11.3 Å². The van der Waals surface area contributed by atoms with Crippen molar-refractivity contribution in [3.63, 3.8) is 0 Å². The van der Waals surface area contributed by atoms with E-state index in [9.17, 15) is 9.59 Å². The predicted octanol–water partition coefficient (Wildman–Crippen LogP) is 5.99. The smallest absolute Gasteiger partial charge is 0.275 e. The maximum absolute atomic E-state index is 13.0. The number of hydrogen-bond donors (Lipinski definition) is 1. The molecular weight excluding hydrogens is 458 g/mol. The van der Waals surface area contributed by atoms with E-state index in [1.54, 1.807) is 6.26 Å². The molecule has 1 fully saturated rings. The van der Waals surface area contributed by atoms with Gasteiger partial charge in [0, 0.05) is 48.5 Å². The number of para-hydroxylation sites is 1. The minimum absolute atomic E-state index is 0.163. The predicted molar refractivity (Wildman–Crippen MR) is 138 cm³/mol. The summed E-state index contributed by atoms with van der Waals surface area (Å²) >= 11 is 1.53. The number of carbonyl (C=O) groups is 2. The summed E-state index contributed by atoms with van der Waals surface area (Å²) < 4.78 is 5.32. The summed E-state index contributed by atoms with van der Waals surface area (Å²) in [5.41, 5.74) is 3.22. The van der Waals surface area contributed by atoms with E-state index in [-0.39, 0.29) is 17.7 Å². The number of benzene rings is 2. The summed E-state index contributed by atoms with van der Waals surface area (Å²) in [5, 5.41) is 5.83. The molecule has 2 amide bonds. The Balaban J connectivity index is 1.17. The van der Waals surface area contributed by atoms with Crippen LogP contribution in [-0.2, 0) is 11.2 Å². The Morgan fingerprint density at radius 2 is 1.77 bits per heavy atom. The first-order chi connectivity index (χ1) is 17.2. The molecule has 178 valence electrons. The van der Waals surface area contributed by atoms with Gasteiger partial charge in [-0.3, -0.25) is 9.59 Å². The number of carbonyl (C=O) groups excluding carboxylic acids is 2. The normalized spacial score (nSPS) is 14.1. The van der Waals surface area contributed by atoms with Gasteiger partial charge in [0.2, 0.25) is 5.91 Å². The number of nitrogens with zero attached hydrogens (tertiary/aromatic N) is 2. The second-order valence-corrected chi connectivity index (χ2v) is 9.56. The van der Waals surface area contributed by atoms with Gasteiger partial charge in [-0.2, -0.15) is 0 Å². The van der Waals surface area contributed by atoms with Crippen LogP contribution in [0.3, 0.4) is 0 Å². The zero-order valence-electron chi connectivity index (χ0n) is 19.4. The van der Waals surface area contributed by atoms with Gasteiger partial charge >= 0.3 is 0 Å². The minimum Gasteiger partial charge on any atom is -0.469 e. The number of hydrogen-bond acceptors (Lipinski definition) is 5. The average molecular weight is 486 g/mol. The van der Waals surface area contributed by atoms with Gasteiger partial charge in [0.25, 0.3) is 5.91 Å². The van der Waals surface area contributed by atoms with Gasteiger partial charge in [0.15, 0.2) is 0 Å². The highest BCUT2D eigenvalue weighted by atomic mass is 32.1. The zero-order chi connectivity index (χ0) is 24.0. The summed E-state index contributed by atoms with van der Waals surface area (Å²) in [6.07, 6.45) is 4.44. The summed E-state index contributed by atoms with van der Waals surface area (Å²) in [7, 11) is 0. The van der Waals surface area contributed by atoms with Crippen molar-refractivity contribution in [1.82, 2.24) is 9.88 Å². The fourth-order valence-electron chi connectivity index (χ4n) is 4.45. The molecular formula is C28H27N3O3S. The minimum atomic E-state index is -0.207. The van der Waals surface area contributed by atoms with Crippen LogP contribution in [-0.4, -0.2) is 34.8 Å². The second kappa shape index (κ2) is 10.7. The van der Waals surface area contributed by atoms with Crippen molar-refractivity contribution in [3.8, 4) is 11.1 Å². The molecule has 1 saturated heterocycles. The van der Waals surface area contributed by atoms with Crippen molar-refractivity contribution >= 4 is 28.8 Å². The third-order valence-electron chi connectivity index (χ3n) is 6.38. The van der Waals surface area contributed by atoms with Gasteiger partial charge < -0.3 is 14.6 Å². The van der Waals surface area contributed by atoms with Crippen LogP contribution in [0, 0.1) is 0 Å². The number of furan rings is 1. The number of likely N-dealkylation sites (tertiary alicyclic amines) is 1. The molecule has 0 spiro atoms. The number of nitrogens with one attached hydrogen (secondary N) is 1. The fraction of sp³-hybridized carbons (Fsp3) is 0.250. The summed E-state index contributed by atoms with van der Waals surface area (Å²) in [5.74, 6) is 1.07. The summed E-state index contributed by atoms with van der Waals surface area (Å²) in [6, 6.07) is 21.5. The highest BCUT2D eigenvalue weighted by Gasteiger charge is 2.26. The highest BCUT2D eigenvalue weighted by Crippen LogP contribution is 2.32. The fourth-order valence-corrected chi connectivity index (χ4v) is 5.42. The number of rotatable bonds is 7. The second-order valence-electron chi connectivity index (χ2n) is 8.67. The first-order valence-electron chi connectivity index (χ1n) is 11.9. The van der Waals surface area contributed by atoms with Gasteiger partial charge in [-0.15, -0.1) is 11.3 Å². The molecule has 1 N–H and O–H groups in total. The number of amides is 2. The molecule has 0 radical (unpaired) electrons. The van der Waals surface area contributed by atoms with Crippen LogP contribution in [0.4, 0.5) is 5.69 Å². The number of thiazole rings is 1. The van der Waals surface area contributed by atoms with Gasteiger partial charge in [-0.25, -0.2) is 4.98 Å². The largest absolute Gasteiger partial charge is 0.469 e. The molecule has 4 aromatic rings. The monoisotopic (exact) mass is 485 g/mol. The average Bonchev–Trinajstić information content (AvgIpc) is 3.61. The lowest BCUT2D eigenvalue weighted by atomic mass is 9.97. The number of aryl methyl sites for hydroxylation is 1. The van der Waals surface area contributed by atoms with Crippen LogP contribution in [0.2, 0.25) is 0 Å². The van der Waals surface area contributed by atoms with E-state index in [4.69, 9.17) is 4.42 Å². The Morgan fingerprint density at radius 3 is 2.54 bits per heavy atom. The molecule has 5 rings (SSSR count). The van der Waals surface area contributed by atoms with Gasteiger partial charge in [-0.1, -0.05) is 48.5 Å². The standard InChI is InChI=1S/C28H27N3O3S/c32-26(13-12-22-9-6-18-34-22)31-16-14-21(15-17-31)28-30-25(19-35-28)27(33)29-24-11-5-4-10-23(24)20-7-2-1-3-8-20/h1-11,18-19,21H,12-17H2,(H,29,33). The summed E-state index contributed by atoms with van der Waals surface area (Å²) in [4.78, 5) is 32.1. The van der Waals surface area contributed by atoms with Crippen LogP contribution in [0.1, 0.15) is 46.4 Å². The van der Waals surface area contributed by atoms with Crippen LogP contribution in [0.15, 0.2) is 82.8 Å². The molecule has 2 aromatic heterocycles. The number of piperidine rings is 1. The van der Waals surface area contributed by atoms with Gasteiger partial charge in [-0.05, 0) is 36.6 Å². The zero-order valence-corrected chi connectivity index (χ0v) is 20.2. The van der Waals surface area contributed by atoms with Crippen molar-refractivity contribution in [1.29, 1.82) is 0 Å². The van der Waals surface area contributed by atoms with Crippen LogP contribution < -0.4 is 5.32 Å². The first kappa shape index (κ1) is 23.1. The quantitative estimate of drug-likeness (QED) is 0.349. The Bertz CT molecular complexity index is 1280. The van der Waals surface area contributed by atoms with E-state index >= 15 is 0 Å². The highest BCUT2D eigenvalue weighted by molar-refractivity contribution is 7.10. The molecule has 7 heteroatoms. The van der Waals surface area contributed by atoms with E-state index in [0.29, 0.717) is 31.6 Å². The molecule has 0 bridgehead atoms. The Kier molecular flexibility index (Phi) is 7.04. The Labute approximate surface area is 208 Å². The lowest BCUT2D eigenvalue weighted by molar-refractivity contribution is -0.132. The molecule has 1 aliphatic rings. The SMILES string of the molecule is O=C(Nc1ccccc1-c1ccccc1)c1csc(C2CCN(C(=O)CCc3ccco3)CC2)n1. The molecule has 1 aliphatic heterocycles. The molecule has 6 nitrogen and oxygen atoms in total. The van der Waals surface area contributed by atoms with Crippen LogP contribution in [0.5, 0.6) is 0 Å². The van der Waals surface area contributed by atoms with Crippen molar-refractivity contribution in [2.45, 2.75) is 31.6 Å². The Morgan fingerprint density at radius 1 is 1.00 bits per heavy atom. The third-order valence-corrected chi connectivity index (χ3v) is 7.38. The summed E-state index contributed by atoms with van der Waals surface area (Å²) in [6.45, 7) is 1.43. The molecule has 2 aromatic carbocycles. The number of aromatic nitrogens is 1. The molecule has 0 atom stereocenters. The van der Waals surface area contributed by atoms with Crippen molar-refractivity contribution in [2.24, 2.45) is 0 Å². The van der Waals surface area contributed by atoms with E-state index in [1.807, 2.05) is 77.0 Å². The maximum Gasteiger partial charge on any atom is 0.275 e. The van der Waals surface area contributed by atoms with Gasteiger partial charge in [0.1, 0.15) is 11.5 Å². The van der Waals surface area contributed by atoms with E-state index in [1.165, 1.54) is 11.3 Å². The van der Waals surface area contributed by atoms with Crippen molar-refractivity contribution < 1.29 is 14.0 Å². The van der Waals surface area contributed by atoms with Crippen molar-refractivity contribution in [3.05, 3.63) is 94.8 Å².